The van der Waals surface area contributed by atoms with Crippen LogP contribution in [-0.2, 0) is 27.7 Å². The van der Waals surface area contributed by atoms with E-state index in [9.17, 15) is 19.3 Å². The van der Waals surface area contributed by atoms with Crippen molar-refractivity contribution in [2.75, 3.05) is 36.9 Å². The number of halogens is 2. The number of hydrogen-bond donors (Lipinski definition) is 6. The molecule has 0 amide bonds. The summed E-state index contributed by atoms with van der Waals surface area (Å²) in [5, 5.41) is 25.4. The maximum absolute atomic E-state index is 15.2. The molecule has 0 aromatic carbocycles. The summed E-state index contributed by atoms with van der Waals surface area (Å²) in [4.78, 5) is 25.5. The quantitative estimate of drug-likeness (QED) is 0.0619. The summed E-state index contributed by atoms with van der Waals surface area (Å²) in [5.74, 6) is 0.741. The molecule has 4 aromatic heterocycles. The third kappa shape index (κ3) is 7.00. The number of imidazole rings is 2. The van der Waals surface area contributed by atoms with Crippen molar-refractivity contribution in [3.05, 3.63) is 37.5 Å². The van der Waals surface area contributed by atoms with Crippen LogP contribution in [-0.4, -0.2) is 112 Å². The first kappa shape index (κ1) is 34.8. The van der Waals surface area contributed by atoms with Gasteiger partial charge in [-0.15, -0.1) is 9.05 Å². The predicted octanol–water partition coefficient (Wildman–Crippen LogP) is 2.45. The lowest BCUT2D eigenvalue weighted by atomic mass is 10.1. The first-order valence-electron chi connectivity index (χ1n) is 14.2. The zero-order chi connectivity index (χ0) is 33.9. The van der Waals surface area contributed by atoms with Gasteiger partial charge in [0.25, 0.3) is 0 Å². The molecule has 0 spiro atoms. The minimum Gasteiger partial charge on any atom is -0.394 e. The number of nitrogens with one attached hydrogen (secondary N) is 2. The summed E-state index contributed by atoms with van der Waals surface area (Å²) < 4.78 is 77.4. The minimum atomic E-state index is -2.43. The Morgan fingerprint density at radius 2 is 1.19 bits per heavy atom. The van der Waals surface area contributed by atoms with Gasteiger partial charge in [-0.1, -0.05) is 12.2 Å². The molecule has 0 aliphatic carbocycles. The summed E-state index contributed by atoms with van der Waals surface area (Å²) in [6.45, 7) is -0.472. The van der Waals surface area contributed by atoms with Crippen molar-refractivity contribution in [3.8, 4) is 0 Å². The Balaban J connectivity index is 1.07. The van der Waals surface area contributed by atoms with Crippen LogP contribution < -0.4 is 10.6 Å². The molecule has 24 heteroatoms. The van der Waals surface area contributed by atoms with Crippen molar-refractivity contribution in [1.82, 2.24) is 39.0 Å². The number of thiol groups is 2. The van der Waals surface area contributed by atoms with Gasteiger partial charge in [0, 0.05) is 13.1 Å². The molecule has 2 fully saturated rings. The summed E-state index contributed by atoms with van der Waals surface area (Å²) >= 11 is 7.35. The number of hydrogen-bond acceptors (Lipinski definition) is 16. The molecule has 48 heavy (non-hydrogen) atoms. The van der Waals surface area contributed by atoms with Crippen LogP contribution in [0.5, 0.6) is 0 Å². The van der Waals surface area contributed by atoms with E-state index in [1.165, 1.54) is 34.4 Å². The van der Waals surface area contributed by atoms with E-state index in [2.05, 4.69) is 65.0 Å². The van der Waals surface area contributed by atoms with E-state index in [-0.39, 0.29) is 11.3 Å². The lowest BCUT2D eigenvalue weighted by Gasteiger charge is -2.15. The zero-order valence-corrected chi connectivity index (χ0v) is 28.0. The Bertz CT molecular complexity index is 1700. The average Bonchev–Trinajstić information content (AvgIpc) is 3.83. The maximum Gasteiger partial charge on any atom is 0.582 e. The van der Waals surface area contributed by atoms with E-state index < -0.39 is 76.9 Å². The third-order valence-electron chi connectivity index (χ3n) is 7.52. The largest absolute Gasteiger partial charge is 0.582 e. The number of aromatic nitrogens is 8. The normalized spacial score (nSPS) is 28.1. The summed E-state index contributed by atoms with van der Waals surface area (Å²) in [6.07, 6.45) is -1.96. The molecular weight excluding hydrogens is 720 g/mol. The molecule has 2 saturated heterocycles. The number of aliphatic hydroxyl groups is 2. The van der Waals surface area contributed by atoms with Gasteiger partial charge < -0.3 is 30.3 Å². The molecule has 2 aliphatic heterocycles. The van der Waals surface area contributed by atoms with Gasteiger partial charge in [-0.05, 0) is 9.13 Å². The molecular formula is C24H28F2N10O8P2S2+2. The van der Waals surface area contributed by atoms with Gasteiger partial charge in [0.15, 0.2) is 71.0 Å². The van der Waals surface area contributed by atoms with Crippen LogP contribution in [0.1, 0.15) is 12.5 Å². The van der Waals surface area contributed by atoms with Crippen molar-refractivity contribution in [1.29, 1.82) is 0 Å². The first-order chi connectivity index (χ1) is 23.2. The van der Waals surface area contributed by atoms with Gasteiger partial charge in [0.05, 0.1) is 25.9 Å². The number of fused-ring (bicyclic) bond motifs is 2. The number of ether oxygens (including phenoxy) is 2. The topological polar surface area (TPSA) is 223 Å². The smallest absolute Gasteiger partial charge is 0.394 e. The lowest BCUT2D eigenvalue weighted by Crippen LogP contribution is -2.31. The number of rotatable bonds is 14. The Morgan fingerprint density at radius 1 is 0.771 bits per heavy atom. The number of anilines is 2. The number of nitrogens with zero attached hydrogens (tertiary/aromatic N) is 8. The molecule has 2 aliphatic rings. The standard InChI is InChI=1S/C24H26F2N10O8P2S2/c25-13-17(43-45(39)47)11(5-37)41-23(13)35-9-33-15-19(29-7-31-21(15)35)27-3-1-2-4-28-20-16-22(32-8-30-20)36(10-34-16)24-14(26)18(44-46(40)48)12(6-38)42-24/h1-2,7-14,17-18,23-24,37-38H,3-6H2,(H2-2,27,28,29,30,31,32,39,40,47,48)/p+2/b2-1-/t11-,12?,13-,14-,17?,18-,23-,24?/m1/s1. The van der Waals surface area contributed by atoms with Crippen LogP contribution in [0.15, 0.2) is 37.5 Å². The lowest BCUT2D eigenvalue weighted by molar-refractivity contribution is -0.0427. The van der Waals surface area contributed by atoms with E-state index in [1.54, 1.807) is 12.2 Å². The van der Waals surface area contributed by atoms with E-state index in [4.69, 9.17) is 18.5 Å². The molecule has 0 saturated carbocycles. The molecule has 4 aromatic rings. The van der Waals surface area contributed by atoms with E-state index in [0.717, 1.165) is 0 Å². The molecule has 10 atom stereocenters. The fourth-order valence-electron chi connectivity index (χ4n) is 5.40. The molecule has 0 radical (unpaired) electrons. The van der Waals surface area contributed by atoms with Gasteiger partial charge in [-0.2, -0.15) is 0 Å². The molecule has 0 bridgehead atoms. The zero-order valence-electron chi connectivity index (χ0n) is 24.4. The third-order valence-corrected chi connectivity index (χ3v) is 8.94. The molecule has 4 N–H and O–H groups in total. The SMILES string of the molecule is O=[P+](S)OC1[C@@H](F)[C@H](n2cnc3c(NC/C=C\CNc4ncnc5c4ncn5C4OC(CO)[C@@H](O[P+](=O)S)[C@H]4F)ncnc32)O[C@@H]1CO. The van der Waals surface area contributed by atoms with E-state index in [0.29, 0.717) is 35.8 Å². The molecule has 5 unspecified atom stereocenters. The van der Waals surface area contributed by atoms with Gasteiger partial charge in [-0.3, -0.25) is 9.13 Å². The summed E-state index contributed by atoms with van der Waals surface area (Å²) in [5.41, 5.74) is 1.21. The van der Waals surface area contributed by atoms with Crippen molar-refractivity contribution in [2.24, 2.45) is 0 Å². The van der Waals surface area contributed by atoms with Crippen molar-refractivity contribution in [3.63, 3.8) is 0 Å². The van der Waals surface area contributed by atoms with Crippen LogP contribution in [0.25, 0.3) is 22.3 Å². The van der Waals surface area contributed by atoms with Crippen LogP contribution in [0, 0.1) is 0 Å². The second kappa shape index (κ2) is 15.2. The van der Waals surface area contributed by atoms with E-state index >= 15 is 8.78 Å². The summed E-state index contributed by atoms with van der Waals surface area (Å²) in [7, 11) is -4.87. The van der Waals surface area contributed by atoms with Crippen LogP contribution in [0.3, 0.4) is 0 Å². The Kier molecular flexibility index (Phi) is 11.1. The Morgan fingerprint density at radius 3 is 1.56 bits per heavy atom. The first-order valence-corrected chi connectivity index (χ1v) is 18.8. The van der Waals surface area contributed by atoms with Gasteiger partial charge in [0.1, 0.15) is 49.4 Å². The fraction of sp³-hybridized carbons (Fsp3) is 0.500. The minimum absolute atomic E-state index is 0.264. The number of alkyl halides is 2. The molecule has 256 valence electrons. The van der Waals surface area contributed by atoms with Gasteiger partial charge >= 0.3 is 14.5 Å². The van der Waals surface area contributed by atoms with Crippen molar-refractivity contribution in [2.45, 2.75) is 49.2 Å². The Labute approximate surface area is 281 Å². The highest BCUT2D eigenvalue weighted by molar-refractivity contribution is 8.39. The second-order valence-corrected chi connectivity index (χ2v) is 13.7. The highest BCUT2D eigenvalue weighted by atomic mass is 32.7. The van der Waals surface area contributed by atoms with Crippen LogP contribution in [0.2, 0.25) is 0 Å². The molecule has 18 nitrogen and oxygen atoms in total. The van der Waals surface area contributed by atoms with E-state index in [1.807, 2.05) is 0 Å². The Hall–Kier alpha value is -3.04. The highest BCUT2D eigenvalue weighted by Crippen LogP contribution is 2.42. The summed E-state index contributed by atoms with van der Waals surface area (Å²) in [6, 6.07) is 0. The van der Waals surface area contributed by atoms with Crippen LogP contribution in [0.4, 0.5) is 20.4 Å². The van der Waals surface area contributed by atoms with Crippen molar-refractivity contribution < 1.29 is 46.6 Å². The monoisotopic (exact) mass is 748 g/mol. The predicted molar refractivity (Wildman–Crippen MR) is 171 cm³/mol. The highest BCUT2D eigenvalue weighted by Gasteiger charge is 2.52. The van der Waals surface area contributed by atoms with Gasteiger partial charge in [0.2, 0.25) is 0 Å². The molecule has 6 heterocycles. The fourth-order valence-corrected chi connectivity index (χ4v) is 6.98. The van der Waals surface area contributed by atoms with Gasteiger partial charge in [-0.25, -0.2) is 38.7 Å². The van der Waals surface area contributed by atoms with Crippen molar-refractivity contribution >= 4 is 72.9 Å². The molecule has 6 rings (SSSR count). The average molecular weight is 749 g/mol. The second-order valence-electron chi connectivity index (χ2n) is 10.3. The number of aliphatic hydroxyl groups excluding tert-OH is 2. The van der Waals surface area contributed by atoms with Crippen LogP contribution >= 0.6 is 39.0 Å². The maximum atomic E-state index is 15.2.